The first-order chi connectivity index (χ1) is 16.6. The van der Waals surface area contributed by atoms with E-state index < -0.39 is 18.1 Å². The van der Waals surface area contributed by atoms with E-state index in [9.17, 15) is 14.7 Å². The number of carboxylic acid groups (broad SMARTS) is 1. The first kappa shape index (κ1) is 21.5. The fourth-order valence-electron chi connectivity index (χ4n) is 4.42. The molecule has 7 nitrogen and oxygen atoms in total. The number of fused-ring (bicyclic) bond motifs is 3. The number of carbonyl (C=O) groups is 2. The molecule has 1 aliphatic rings. The smallest absolute Gasteiger partial charge is 0.407 e. The molecule has 1 aromatic heterocycles. The third-order valence-corrected chi connectivity index (χ3v) is 6.08. The maximum atomic E-state index is 12.5. The number of benzene rings is 3. The van der Waals surface area contributed by atoms with Gasteiger partial charge in [-0.3, -0.25) is 0 Å². The van der Waals surface area contributed by atoms with Gasteiger partial charge in [-0.2, -0.15) is 5.10 Å². The van der Waals surface area contributed by atoms with Crippen molar-refractivity contribution < 1.29 is 19.4 Å². The second-order valence-corrected chi connectivity index (χ2v) is 8.18. The summed E-state index contributed by atoms with van der Waals surface area (Å²) in [5.74, 6) is -1.21. The summed E-state index contributed by atoms with van der Waals surface area (Å²) in [6.07, 6.45) is 2.90. The topological polar surface area (TPSA) is 93.5 Å². The summed E-state index contributed by atoms with van der Waals surface area (Å²) in [6.45, 7) is 0.130. The van der Waals surface area contributed by atoms with E-state index in [-0.39, 0.29) is 18.9 Å². The Balaban J connectivity index is 1.23. The van der Waals surface area contributed by atoms with Crippen molar-refractivity contribution in [1.82, 2.24) is 15.1 Å². The monoisotopic (exact) mass is 453 g/mol. The lowest BCUT2D eigenvalue weighted by Gasteiger charge is -2.17. The number of nitrogens with zero attached hydrogens (tertiary/aromatic N) is 2. The van der Waals surface area contributed by atoms with Gasteiger partial charge in [0.25, 0.3) is 0 Å². The number of carbonyl (C=O) groups excluding carboxylic acids is 1. The average molecular weight is 453 g/mol. The van der Waals surface area contributed by atoms with Gasteiger partial charge in [0.15, 0.2) is 0 Å². The number of ether oxygens (including phenoxy) is 1. The Morgan fingerprint density at radius 1 is 0.941 bits per heavy atom. The van der Waals surface area contributed by atoms with Crippen LogP contribution in [0.25, 0.3) is 16.8 Å². The molecule has 0 saturated carbocycles. The third-order valence-electron chi connectivity index (χ3n) is 6.08. The lowest BCUT2D eigenvalue weighted by Crippen LogP contribution is -2.42. The molecule has 1 atom stereocenters. The number of rotatable bonds is 7. The van der Waals surface area contributed by atoms with Crippen molar-refractivity contribution >= 4 is 12.1 Å². The molecule has 0 spiro atoms. The number of aromatic nitrogens is 2. The summed E-state index contributed by atoms with van der Waals surface area (Å²) in [4.78, 5) is 24.3. The Morgan fingerprint density at radius 3 is 2.18 bits per heavy atom. The molecule has 0 aliphatic heterocycles. The van der Waals surface area contributed by atoms with Gasteiger partial charge >= 0.3 is 12.1 Å². The van der Waals surface area contributed by atoms with E-state index in [4.69, 9.17) is 4.74 Å². The van der Waals surface area contributed by atoms with Crippen LogP contribution in [0.3, 0.4) is 0 Å². The van der Waals surface area contributed by atoms with Crippen LogP contribution in [0.15, 0.2) is 91.3 Å². The Labute approximate surface area is 196 Å². The van der Waals surface area contributed by atoms with Crippen molar-refractivity contribution in [2.45, 2.75) is 18.4 Å². The summed E-state index contributed by atoms with van der Waals surface area (Å²) < 4.78 is 7.22. The SMILES string of the molecule is O=C(NC(Cc1ccc(-n2cccn2)cc1)C(=O)O)OCC1c2ccccc2-c2ccccc21. The molecular weight excluding hydrogens is 430 g/mol. The number of hydrogen-bond donors (Lipinski definition) is 2. The molecule has 0 bridgehead atoms. The summed E-state index contributed by atoms with van der Waals surface area (Å²) in [7, 11) is 0. The fraction of sp³-hybridized carbons (Fsp3) is 0.148. The molecule has 1 unspecified atom stereocenters. The normalized spacial score (nSPS) is 13.1. The van der Waals surface area contributed by atoms with Crippen molar-refractivity contribution in [3.8, 4) is 16.8 Å². The molecule has 34 heavy (non-hydrogen) atoms. The summed E-state index contributed by atoms with van der Waals surface area (Å²) in [5, 5.41) is 16.3. The summed E-state index contributed by atoms with van der Waals surface area (Å²) >= 11 is 0. The maximum absolute atomic E-state index is 12.5. The predicted molar refractivity (Wildman–Crippen MR) is 127 cm³/mol. The highest BCUT2D eigenvalue weighted by atomic mass is 16.5. The third kappa shape index (κ3) is 4.28. The van der Waals surface area contributed by atoms with E-state index in [2.05, 4.69) is 22.5 Å². The minimum absolute atomic E-state index is 0.0868. The Bertz CT molecular complexity index is 1270. The van der Waals surface area contributed by atoms with Gasteiger partial charge in [-0.1, -0.05) is 60.7 Å². The van der Waals surface area contributed by atoms with Crippen LogP contribution in [0.5, 0.6) is 0 Å². The van der Waals surface area contributed by atoms with E-state index >= 15 is 0 Å². The molecule has 5 rings (SSSR count). The zero-order valence-electron chi connectivity index (χ0n) is 18.3. The van der Waals surface area contributed by atoms with Crippen molar-refractivity contribution in [3.63, 3.8) is 0 Å². The molecule has 1 aliphatic carbocycles. The van der Waals surface area contributed by atoms with Crippen molar-refractivity contribution in [3.05, 3.63) is 108 Å². The standard InChI is InChI=1S/C27H23N3O4/c31-26(32)25(16-18-10-12-19(13-11-18)30-15-5-14-28-30)29-27(33)34-17-24-22-8-3-1-6-20(22)21-7-2-4-9-23(21)24/h1-15,24-25H,16-17H2,(H,29,33)(H,31,32). The molecule has 3 aromatic carbocycles. The van der Waals surface area contributed by atoms with Gasteiger partial charge in [-0.15, -0.1) is 0 Å². The second-order valence-electron chi connectivity index (χ2n) is 8.18. The van der Waals surface area contributed by atoms with Crippen LogP contribution in [0.1, 0.15) is 22.6 Å². The van der Waals surface area contributed by atoms with Crippen LogP contribution in [0.4, 0.5) is 4.79 Å². The highest BCUT2D eigenvalue weighted by Gasteiger charge is 2.29. The van der Waals surface area contributed by atoms with E-state index in [0.717, 1.165) is 33.5 Å². The van der Waals surface area contributed by atoms with Gasteiger partial charge in [0.2, 0.25) is 0 Å². The van der Waals surface area contributed by atoms with Crippen LogP contribution in [0, 0.1) is 0 Å². The molecule has 7 heteroatoms. The zero-order valence-corrected chi connectivity index (χ0v) is 18.3. The predicted octanol–water partition coefficient (Wildman–Crippen LogP) is 4.41. The quantitative estimate of drug-likeness (QED) is 0.432. The minimum Gasteiger partial charge on any atom is -0.480 e. The van der Waals surface area contributed by atoms with E-state index in [1.54, 1.807) is 10.9 Å². The van der Waals surface area contributed by atoms with Gasteiger partial charge in [-0.05, 0) is 46.0 Å². The van der Waals surface area contributed by atoms with Crippen LogP contribution >= 0.6 is 0 Å². The highest BCUT2D eigenvalue weighted by molar-refractivity contribution is 5.81. The van der Waals surface area contributed by atoms with Gasteiger partial charge in [-0.25, -0.2) is 14.3 Å². The first-order valence-electron chi connectivity index (χ1n) is 11.0. The number of alkyl carbamates (subject to hydrolysis) is 1. The lowest BCUT2D eigenvalue weighted by atomic mass is 9.98. The number of aliphatic carboxylic acids is 1. The van der Waals surface area contributed by atoms with Crippen LogP contribution in [-0.2, 0) is 16.0 Å². The Morgan fingerprint density at radius 2 is 1.59 bits per heavy atom. The minimum atomic E-state index is -1.12. The lowest BCUT2D eigenvalue weighted by molar-refractivity contribution is -0.139. The molecule has 0 fully saturated rings. The van der Waals surface area contributed by atoms with Crippen LogP contribution in [-0.4, -0.2) is 39.6 Å². The molecule has 1 amide bonds. The second kappa shape index (κ2) is 9.23. The van der Waals surface area contributed by atoms with E-state index in [0.29, 0.717) is 0 Å². The zero-order chi connectivity index (χ0) is 23.5. The highest BCUT2D eigenvalue weighted by Crippen LogP contribution is 2.44. The Kier molecular flexibility index (Phi) is 5.82. The largest absolute Gasteiger partial charge is 0.480 e. The van der Waals surface area contributed by atoms with Gasteiger partial charge in [0.1, 0.15) is 12.6 Å². The maximum Gasteiger partial charge on any atom is 0.407 e. The summed E-state index contributed by atoms with van der Waals surface area (Å²) in [5.41, 5.74) is 6.11. The van der Waals surface area contributed by atoms with Gasteiger partial charge < -0.3 is 15.2 Å². The number of amides is 1. The average Bonchev–Trinajstić information content (AvgIpc) is 3.50. The summed E-state index contributed by atoms with van der Waals surface area (Å²) in [6, 6.07) is 24.2. The van der Waals surface area contributed by atoms with Crippen molar-refractivity contribution in [1.29, 1.82) is 0 Å². The van der Waals surface area contributed by atoms with Crippen LogP contribution in [0.2, 0.25) is 0 Å². The number of carboxylic acids is 1. The Hall–Kier alpha value is -4.39. The molecule has 0 saturated heterocycles. The molecule has 4 aromatic rings. The van der Waals surface area contributed by atoms with Gasteiger partial charge in [0.05, 0.1) is 5.69 Å². The molecule has 0 radical (unpaired) electrons. The van der Waals surface area contributed by atoms with Crippen molar-refractivity contribution in [2.75, 3.05) is 6.61 Å². The first-order valence-corrected chi connectivity index (χ1v) is 11.0. The molecule has 2 N–H and O–H groups in total. The number of hydrogen-bond acceptors (Lipinski definition) is 4. The molecule has 1 heterocycles. The van der Waals surface area contributed by atoms with E-state index in [1.165, 1.54) is 0 Å². The van der Waals surface area contributed by atoms with E-state index in [1.807, 2.05) is 72.9 Å². The number of nitrogens with one attached hydrogen (secondary N) is 1. The fourth-order valence-corrected chi connectivity index (χ4v) is 4.42. The van der Waals surface area contributed by atoms with Crippen molar-refractivity contribution in [2.24, 2.45) is 0 Å². The van der Waals surface area contributed by atoms with Gasteiger partial charge in [0, 0.05) is 24.7 Å². The molecular formula is C27H23N3O4. The molecule has 170 valence electrons. The van der Waals surface area contributed by atoms with Crippen LogP contribution < -0.4 is 5.32 Å².